The zero-order valence-corrected chi connectivity index (χ0v) is 10.9. The number of anilines is 1. The van der Waals surface area contributed by atoms with Crippen LogP contribution in [0.1, 0.15) is 12.0 Å². The number of rotatable bonds is 5. The van der Waals surface area contributed by atoms with Crippen molar-refractivity contribution in [3.05, 3.63) is 23.8 Å². The number of alkyl halides is 3. The summed E-state index contributed by atoms with van der Waals surface area (Å²) in [6, 6.07) is 2.69. The SMILES string of the molecule is CNC(=O)Nc1c(OCCCN)cccc1C(F)(F)F. The Labute approximate surface area is 114 Å². The highest BCUT2D eigenvalue weighted by Gasteiger charge is 2.35. The Bertz CT molecular complexity index is 464. The molecule has 0 aliphatic carbocycles. The number of ether oxygens (including phenoxy) is 1. The van der Waals surface area contributed by atoms with E-state index < -0.39 is 23.5 Å². The summed E-state index contributed by atoms with van der Waals surface area (Å²) in [5.41, 5.74) is 3.92. The molecule has 8 heteroatoms. The van der Waals surface area contributed by atoms with Crippen LogP contribution < -0.4 is 21.1 Å². The molecule has 0 fully saturated rings. The van der Waals surface area contributed by atoms with E-state index in [9.17, 15) is 18.0 Å². The molecule has 0 aromatic heterocycles. The van der Waals surface area contributed by atoms with Gasteiger partial charge >= 0.3 is 12.2 Å². The van der Waals surface area contributed by atoms with Gasteiger partial charge in [-0.05, 0) is 25.1 Å². The van der Waals surface area contributed by atoms with Crippen molar-refractivity contribution in [1.82, 2.24) is 5.32 Å². The molecule has 20 heavy (non-hydrogen) atoms. The lowest BCUT2D eigenvalue weighted by Crippen LogP contribution is -2.26. The number of carbonyl (C=O) groups excluding carboxylic acids is 1. The number of hydrogen-bond donors (Lipinski definition) is 3. The molecule has 1 aromatic rings. The third kappa shape index (κ3) is 4.30. The molecular formula is C12H16F3N3O2. The van der Waals surface area contributed by atoms with Crippen LogP contribution in [0.3, 0.4) is 0 Å². The normalized spacial score (nSPS) is 11.1. The highest BCUT2D eigenvalue weighted by molar-refractivity contribution is 5.92. The highest BCUT2D eigenvalue weighted by Crippen LogP contribution is 2.39. The van der Waals surface area contributed by atoms with Crippen molar-refractivity contribution < 1.29 is 22.7 Å². The van der Waals surface area contributed by atoms with Gasteiger partial charge in [0.2, 0.25) is 0 Å². The van der Waals surface area contributed by atoms with E-state index in [1.165, 1.54) is 19.2 Å². The first-order valence-corrected chi connectivity index (χ1v) is 5.92. The molecule has 5 nitrogen and oxygen atoms in total. The zero-order chi connectivity index (χ0) is 15.2. The molecule has 2 amide bonds. The lowest BCUT2D eigenvalue weighted by molar-refractivity contribution is -0.137. The first-order valence-electron chi connectivity index (χ1n) is 5.92. The summed E-state index contributed by atoms with van der Waals surface area (Å²) in [6.45, 7) is 0.525. The summed E-state index contributed by atoms with van der Waals surface area (Å²) in [5.74, 6) is -0.0446. The second-order valence-corrected chi connectivity index (χ2v) is 3.87. The summed E-state index contributed by atoms with van der Waals surface area (Å²) >= 11 is 0. The second-order valence-electron chi connectivity index (χ2n) is 3.87. The van der Waals surface area contributed by atoms with Crippen molar-refractivity contribution in [3.8, 4) is 5.75 Å². The van der Waals surface area contributed by atoms with Crippen LogP contribution in [-0.4, -0.2) is 26.2 Å². The van der Waals surface area contributed by atoms with Crippen molar-refractivity contribution in [3.63, 3.8) is 0 Å². The third-order valence-electron chi connectivity index (χ3n) is 2.40. The molecule has 0 saturated heterocycles. The van der Waals surface area contributed by atoms with Crippen LogP contribution in [0.15, 0.2) is 18.2 Å². The van der Waals surface area contributed by atoms with E-state index in [0.29, 0.717) is 13.0 Å². The predicted octanol–water partition coefficient (Wildman–Crippen LogP) is 2.18. The molecule has 0 atom stereocenters. The average molecular weight is 291 g/mol. The summed E-state index contributed by atoms with van der Waals surface area (Å²) in [7, 11) is 1.31. The molecule has 4 N–H and O–H groups in total. The number of nitrogens with one attached hydrogen (secondary N) is 2. The maximum atomic E-state index is 12.9. The Morgan fingerprint density at radius 2 is 2.10 bits per heavy atom. The summed E-state index contributed by atoms with van der Waals surface area (Å²) in [4.78, 5) is 11.3. The van der Waals surface area contributed by atoms with Gasteiger partial charge in [0.15, 0.2) is 0 Å². The average Bonchev–Trinajstić information content (AvgIpc) is 2.39. The first kappa shape index (κ1) is 16.1. The number of para-hydroxylation sites is 1. The molecule has 0 bridgehead atoms. The van der Waals surface area contributed by atoms with E-state index in [2.05, 4.69) is 10.6 Å². The van der Waals surface area contributed by atoms with Crippen molar-refractivity contribution in [2.24, 2.45) is 5.73 Å². The van der Waals surface area contributed by atoms with Crippen LogP contribution in [0.5, 0.6) is 5.75 Å². The standard InChI is InChI=1S/C12H16F3N3O2/c1-17-11(19)18-10-8(12(13,14)15)4-2-5-9(10)20-7-3-6-16/h2,4-5H,3,6-7,16H2,1H3,(H2,17,18,19). The van der Waals surface area contributed by atoms with E-state index >= 15 is 0 Å². The fourth-order valence-corrected chi connectivity index (χ4v) is 1.46. The Kier molecular flexibility index (Phi) is 5.63. The van der Waals surface area contributed by atoms with E-state index in [1.54, 1.807) is 0 Å². The smallest absolute Gasteiger partial charge is 0.418 e. The summed E-state index contributed by atoms with van der Waals surface area (Å²) < 4.78 is 44.0. The molecule has 1 rings (SSSR count). The number of carbonyl (C=O) groups is 1. The quantitative estimate of drug-likeness (QED) is 0.728. The van der Waals surface area contributed by atoms with Gasteiger partial charge in [-0.2, -0.15) is 13.2 Å². The summed E-state index contributed by atoms with van der Waals surface area (Å²) in [5, 5.41) is 4.33. The van der Waals surface area contributed by atoms with Crippen molar-refractivity contribution in [1.29, 1.82) is 0 Å². The largest absolute Gasteiger partial charge is 0.491 e. The van der Waals surface area contributed by atoms with Crippen LogP contribution in [-0.2, 0) is 6.18 Å². The highest BCUT2D eigenvalue weighted by atomic mass is 19.4. The number of nitrogens with two attached hydrogens (primary N) is 1. The Balaban J connectivity index is 3.11. The maximum absolute atomic E-state index is 12.9. The Morgan fingerprint density at radius 3 is 2.65 bits per heavy atom. The lowest BCUT2D eigenvalue weighted by atomic mass is 10.1. The minimum absolute atomic E-state index is 0.0446. The van der Waals surface area contributed by atoms with Crippen LogP contribution in [0.25, 0.3) is 0 Å². The second kappa shape index (κ2) is 6.99. The molecule has 112 valence electrons. The molecule has 0 spiro atoms. The van der Waals surface area contributed by atoms with Crippen LogP contribution in [0.4, 0.5) is 23.7 Å². The van der Waals surface area contributed by atoms with Gasteiger partial charge in [-0.3, -0.25) is 0 Å². The van der Waals surface area contributed by atoms with Crippen molar-refractivity contribution in [2.75, 3.05) is 25.5 Å². The topological polar surface area (TPSA) is 76.4 Å². The van der Waals surface area contributed by atoms with Crippen LogP contribution >= 0.6 is 0 Å². The van der Waals surface area contributed by atoms with Crippen molar-refractivity contribution in [2.45, 2.75) is 12.6 Å². The van der Waals surface area contributed by atoms with Gasteiger partial charge in [-0.15, -0.1) is 0 Å². The van der Waals surface area contributed by atoms with Gasteiger partial charge in [0, 0.05) is 7.05 Å². The molecule has 0 saturated carbocycles. The molecule has 0 unspecified atom stereocenters. The molecule has 0 aliphatic rings. The lowest BCUT2D eigenvalue weighted by Gasteiger charge is -2.17. The molecule has 0 radical (unpaired) electrons. The zero-order valence-electron chi connectivity index (χ0n) is 10.9. The van der Waals surface area contributed by atoms with Crippen molar-refractivity contribution >= 4 is 11.7 Å². The van der Waals surface area contributed by atoms with Gasteiger partial charge in [-0.25, -0.2) is 4.79 Å². The van der Waals surface area contributed by atoms with Gasteiger partial charge in [-0.1, -0.05) is 6.07 Å². The monoisotopic (exact) mass is 291 g/mol. The van der Waals surface area contributed by atoms with Crippen LogP contribution in [0, 0.1) is 0 Å². The van der Waals surface area contributed by atoms with E-state index in [-0.39, 0.29) is 12.4 Å². The van der Waals surface area contributed by atoms with E-state index in [4.69, 9.17) is 10.5 Å². The Hall–Kier alpha value is -1.96. The number of hydrogen-bond acceptors (Lipinski definition) is 3. The maximum Gasteiger partial charge on any atom is 0.418 e. The van der Waals surface area contributed by atoms with E-state index in [0.717, 1.165) is 6.07 Å². The molecule has 0 aliphatic heterocycles. The number of benzene rings is 1. The minimum atomic E-state index is -4.59. The first-order chi connectivity index (χ1) is 9.40. The minimum Gasteiger partial charge on any atom is -0.491 e. The van der Waals surface area contributed by atoms with Gasteiger partial charge in [0.1, 0.15) is 5.75 Å². The predicted molar refractivity (Wildman–Crippen MR) is 68.7 cm³/mol. The summed E-state index contributed by atoms with van der Waals surface area (Å²) in [6.07, 6.45) is -4.10. The number of halogens is 3. The van der Waals surface area contributed by atoms with Gasteiger partial charge in [0.25, 0.3) is 0 Å². The molecular weight excluding hydrogens is 275 g/mol. The van der Waals surface area contributed by atoms with E-state index in [1.807, 2.05) is 0 Å². The number of urea groups is 1. The number of amides is 2. The van der Waals surface area contributed by atoms with Gasteiger partial charge in [0.05, 0.1) is 17.9 Å². The Morgan fingerprint density at radius 1 is 1.40 bits per heavy atom. The molecule has 1 aromatic carbocycles. The fraction of sp³-hybridized carbons (Fsp3) is 0.417. The van der Waals surface area contributed by atoms with Gasteiger partial charge < -0.3 is 21.1 Å². The molecule has 0 heterocycles. The third-order valence-corrected chi connectivity index (χ3v) is 2.40. The fourth-order valence-electron chi connectivity index (χ4n) is 1.46. The van der Waals surface area contributed by atoms with Crippen LogP contribution in [0.2, 0.25) is 0 Å².